The molecule has 0 saturated heterocycles. The number of likely N-dealkylation sites (N-methyl/N-ethyl adjacent to an activating group) is 1. The van der Waals surface area contributed by atoms with Crippen LogP contribution in [0.1, 0.15) is 5.56 Å². The van der Waals surface area contributed by atoms with Crippen LogP contribution in [0.3, 0.4) is 0 Å². The van der Waals surface area contributed by atoms with Crippen LogP contribution in [0.25, 0.3) is 0 Å². The molecule has 0 aliphatic heterocycles. The fraction of sp³-hybridized carbons (Fsp3) is 0.429. The second-order valence-corrected chi connectivity index (χ2v) is 6.29. The monoisotopic (exact) mass is 312 g/mol. The number of hydrogen-bond acceptors (Lipinski definition) is 5. The number of aliphatic hydroxyl groups excluding tert-OH is 1. The van der Waals surface area contributed by atoms with Crippen LogP contribution in [-0.2, 0) is 10.0 Å². The van der Waals surface area contributed by atoms with Crippen molar-refractivity contribution in [3.05, 3.63) is 23.8 Å². The molecule has 0 heterocycles. The molecule has 7 heteroatoms. The zero-order valence-corrected chi connectivity index (χ0v) is 13.2. The lowest BCUT2D eigenvalue weighted by Crippen LogP contribution is -2.31. The average molecular weight is 312 g/mol. The first-order chi connectivity index (χ1) is 9.90. The topological polar surface area (TPSA) is 78.9 Å². The van der Waals surface area contributed by atoms with E-state index in [9.17, 15) is 8.42 Å². The molecule has 21 heavy (non-hydrogen) atoms. The van der Waals surface area contributed by atoms with Gasteiger partial charge in [0, 0.05) is 13.1 Å². The Morgan fingerprint density at radius 1 is 1.38 bits per heavy atom. The van der Waals surface area contributed by atoms with E-state index in [1.54, 1.807) is 6.07 Å². The van der Waals surface area contributed by atoms with E-state index in [-0.39, 0.29) is 11.5 Å². The zero-order chi connectivity index (χ0) is 15.9. The van der Waals surface area contributed by atoms with Gasteiger partial charge in [0.15, 0.2) is 0 Å². The van der Waals surface area contributed by atoms with Crippen LogP contribution in [-0.4, -0.2) is 59.3 Å². The molecule has 2 N–H and O–H groups in total. The summed E-state index contributed by atoms with van der Waals surface area (Å²) in [7, 11) is 1.61. The minimum atomic E-state index is -3.59. The molecule has 0 amide bonds. The van der Waals surface area contributed by atoms with Gasteiger partial charge in [0.25, 0.3) is 0 Å². The Labute approximate surface area is 125 Å². The summed E-state index contributed by atoms with van der Waals surface area (Å²) in [4.78, 5) is 2.00. The van der Waals surface area contributed by atoms with Crippen LogP contribution >= 0.6 is 0 Å². The van der Waals surface area contributed by atoms with Gasteiger partial charge in [-0.15, -0.1) is 0 Å². The van der Waals surface area contributed by atoms with Crippen molar-refractivity contribution in [2.45, 2.75) is 4.90 Å². The van der Waals surface area contributed by atoms with Crippen LogP contribution in [0.2, 0.25) is 0 Å². The minimum absolute atomic E-state index is 0.115. The van der Waals surface area contributed by atoms with Gasteiger partial charge in [0.05, 0.1) is 17.6 Å². The maximum atomic E-state index is 12.2. The van der Waals surface area contributed by atoms with Crippen LogP contribution < -0.4 is 9.46 Å². The highest BCUT2D eigenvalue weighted by Crippen LogP contribution is 2.21. The number of rotatable bonds is 6. The highest BCUT2D eigenvalue weighted by molar-refractivity contribution is 7.89. The maximum absolute atomic E-state index is 12.2. The quantitative estimate of drug-likeness (QED) is 0.716. The maximum Gasteiger partial charge on any atom is 0.240 e. The van der Waals surface area contributed by atoms with Gasteiger partial charge in [-0.3, -0.25) is 0 Å². The van der Waals surface area contributed by atoms with Crippen molar-refractivity contribution in [3.8, 4) is 17.6 Å². The molecule has 0 saturated carbocycles. The number of sulfonamides is 1. The molecule has 0 fully saturated rings. The van der Waals surface area contributed by atoms with E-state index in [2.05, 4.69) is 16.6 Å². The van der Waals surface area contributed by atoms with Gasteiger partial charge in [-0.25, -0.2) is 13.1 Å². The van der Waals surface area contributed by atoms with Gasteiger partial charge in [-0.2, -0.15) is 0 Å². The zero-order valence-electron chi connectivity index (χ0n) is 12.4. The molecule has 0 radical (unpaired) electrons. The van der Waals surface area contributed by atoms with Crippen LogP contribution in [0.5, 0.6) is 5.75 Å². The lowest BCUT2D eigenvalue weighted by atomic mass is 10.2. The fourth-order valence-electron chi connectivity index (χ4n) is 1.57. The molecule has 116 valence electrons. The Bertz CT molecular complexity index is 630. The van der Waals surface area contributed by atoms with E-state index in [0.29, 0.717) is 24.4 Å². The van der Waals surface area contributed by atoms with Crippen LogP contribution in [0.4, 0.5) is 0 Å². The Balaban J connectivity index is 3.02. The van der Waals surface area contributed by atoms with E-state index in [1.165, 1.54) is 19.2 Å². The third-order valence-corrected chi connectivity index (χ3v) is 4.09. The van der Waals surface area contributed by atoms with Gasteiger partial charge in [0.1, 0.15) is 12.4 Å². The molecule has 0 bridgehead atoms. The Morgan fingerprint density at radius 3 is 2.67 bits per heavy atom. The number of nitrogens with zero attached hydrogens (tertiary/aromatic N) is 1. The normalized spacial score (nSPS) is 11.1. The first-order valence-corrected chi connectivity index (χ1v) is 7.81. The first-order valence-electron chi connectivity index (χ1n) is 6.33. The van der Waals surface area contributed by atoms with Gasteiger partial charge in [-0.05, 0) is 32.3 Å². The third-order valence-electron chi connectivity index (χ3n) is 2.63. The predicted octanol–water partition coefficient (Wildman–Crippen LogP) is -0.121. The van der Waals surface area contributed by atoms with E-state index in [4.69, 9.17) is 9.84 Å². The van der Waals surface area contributed by atoms with Gasteiger partial charge >= 0.3 is 0 Å². The van der Waals surface area contributed by atoms with E-state index < -0.39 is 10.0 Å². The van der Waals surface area contributed by atoms with Gasteiger partial charge in [-0.1, -0.05) is 11.8 Å². The second kappa shape index (κ2) is 8.00. The number of aliphatic hydroxyl groups is 1. The van der Waals surface area contributed by atoms with Gasteiger partial charge in [0.2, 0.25) is 10.0 Å². The fourth-order valence-corrected chi connectivity index (χ4v) is 2.62. The summed E-state index contributed by atoms with van der Waals surface area (Å²) in [6, 6.07) is 4.43. The summed E-state index contributed by atoms with van der Waals surface area (Å²) in [6.07, 6.45) is 0. The molecule has 0 aromatic heterocycles. The summed E-state index contributed by atoms with van der Waals surface area (Å²) in [6.45, 7) is 0.618. The standard InChI is InChI=1S/C14H20N2O4S/c1-16(2)9-8-15-21(18,19)13-6-7-14(20-3)12(11-13)5-4-10-17/h6-7,11,15,17H,8-10H2,1-3H3. The molecule has 1 rings (SSSR count). The molecule has 0 spiro atoms. The Hall–Kier alpha value is -1.59. The smallest absolute Gasteiger partial charge is 0.240 e. The number of hydrogen-bond donors (Lipinski definition) is 2. The molecule has 0 atom stereocenters. The summed E-state index contributed by atoms with van der Waals surface area (Å²) < 4.78 is 32.0. The van der Waals surface area contributed by atoms with Crippen molar-refractivity contribution < 1.29 is 18.3 Å². The van der Waals surface area contributed by atoms with Crippen molar-refractivity contribution in [1.29, 1.82) is 0 Å². The predicted molar refractivity (Wildman–Crippen MR) is 80.7 cm³/mol. The van der Waals surface area contributed by atoms with Gasteiger partial charge < -0.3 is 14.7 Å². The Kier molecular flexibility index (Phi) is 6.65. The van der Waals surface area contributed by atoms with Crippen molar-refractivity contribution >= 4 is 10.0 Å². The van der Waals surface area contributed by atoms with E-state index in [0.717, 1.165) is 0 Å². The summed E-state index contributed by atoms with van der Waals surface area (Å²) >= 11 is 0. The highest BCUT2D eigenvalue weighted by atomic mass is 32.2. The van der Waals surface area contributed by atoms with Crippen LogP contribution in [0, 0.1) is 11.8 Å². The molecule has 0 unspecified atom stereocenters. The largest absolute Gasteiger partial charge is 0.495 e. The number of nitrogens with one attached hydrogen (secondary N) is 1. The summed E-state index contributed by atoms with van der Waals surface area (Å²) in [5.74, 6) is 5.62. The molecule has 1 aromatic rings. The molecular formula is C14H20N2O4S. The minimum Gasteiger partial charge on any atom is -0.495 e. The third kappa shape index (κ3) is 5.36. The number of methoxy groups -OCH3 is 1. The second-order valence-electron chi connectivity index (χ2n) is 4.52. The van der Waals surface area contributed by atoms with Crippen LogP contribution in [0.15, 0.2) is 23.1 Å². The lowest BCUT2D eigenvalue weighted by Gasteiger charge is -2.12. The van der Waals surface area contributed by atoms with Crippen molar-refractivity contribution in [2.24, 2.45) is 0 Å². The molecule has 0 aliphatic rings. The van der Waals surface area contributed by atoms with E-state index in [1.807, 2.05) is 19.0 Å². The molecular weight excluding hydrogens is 292 g/mol. The first kappa shape index (κ1) is 17.5. The average Bonchev–Trinajstić information content (AvgIpc) is 2.44. The Morgan fingerprint density at radius 2 is 2.10 bits per heavy atom. The highest BCUT2D eigenvalue weighted by Gasteiger charge is 2.15. The summed E-state index contributed by atoms with van der Waals surface area (Å²) in [5.41, 5.74) is 0.419. The lowest BCUT2D eigenvalue weighted by molar-refractivity contribution is 0.350. The SMILES string of the molecule is COc1ccc(S(=O)(=O)NCCN(C)C)cc1C#CCO. The van der Waals surface area contributed by atoms with E-state index >= 15 is 0 Å². The summed E-state index contributed by atoms with van der Waals surface area (Å²) in [5, 5.41) is 8.74. The molecule has 1 aromatic carbocycles. The number of benzene rings is 1. The molecule has 0 aliphatic carbocycles. The van der Waals surface area contributed by atoms with Crippen molar-refractivity contribution in [1.82, 2.24) is 9.62 Å². The van der Waals surface area contributed by atoms with Crippen molar-refractivity contribution in [3.63, 3.8) is 0 Å². The molecule has 6 nitrogen and oxygen atoms in total. The van der Waals surface area contributed by atoms with Crippen molar-refractivity contribution in [2.75, 3.05) is 40.9 Å². The number of ether oxygens (including phenoxy) is 1.